The highest BCUT2D eigenvalue weighted by Gasteiger charge is 2.25. The average Bonchev–Trinajstić information content (AvgIpc) is 2.41. The van der Waals surface area contributed by atoms with Gasteiger partial charge in [-0.3, -0.25) is 4.55 Å². The lowest BCUT2D eigenvalue weighted by molar-refractivity contribution is -0.925. The van der Waals surface area contributed by atoms with E-state index < -0.39 is 16.1 Å². The van der Waals surface area contributed by atoms with E-state index in [4.69, 9.17) is 9.29 Å². The second-order valence-electron chi connectivity index (χ2n) is 5.30. The van der Waals surface area contributed by atoms with E-state index in [1.165, 1.54) is 0 Å². The fourth-order valence-electron chi connectivity index (χ4n) is 2.31. The molecule has 0 aliphatic carbocycles. The Labute approximate surface area is 128 Å². The van der Waals surface area contributed by atoms with Crippen molar-refractivity contribution in [2.24, 2.45) is 0 Å². The van der Waals surface area contributed by atoms with Gasteiger partial charge in [0.25, 0.3) is 10.1 Å². The predicted octanol–water partition coefficient (Wildman–Crippen LogP) is 1.63. The second kappa shape index (κ2) is 9.17. The third-order valence-electron chi connectivity index (χ3n) is 3.87. The first kappa shape index (κ1) is 20.1. The quantitative estimate of drug-likeness (QED) is 0.271. The summed E-state index contributed by atoms with van der Waals surface area (Å²) in [5.74, 6) is -0.645. The molecule has 0 fully saturated rings. The van der Waals surface area contributed by atoms with Gasteiger partial charge in [-0.25, -0.2) is 4.79 Å². The summed E-state index contributed by atoms with van der Waals surface area (Å²) in [6, 6.07) is 0. The zero-order valence-corrected chi connectivity index (χ0v) is 14.1. The minimum Gasteiger partial charge on any atom is -0.459 e. The Bertz CT molecular complexity index is 429. The first-order chi connectivity index (χ1) is 9.68. The van der Waals surface area contributed by atoms with Gasteiger partial charge in [0.2, 0.25) is 0 Å². The van der Waals surface area contributed by atoms with E-state index in [0.717, 1.165) is 30.2 Å². The van der Waals surface area contributed by atoms with Crippen LogP contribution in [0.25, 0.3) is 0 Å². The number of hydrogen-bond acceptors (Lipinski definition) is 4. The van der Waals surface area contributed by atoms with Crippen LogP contribution in [-0.4, -0.2) is 61.5 Å². The zero-order chi connectivity index (χ0) is 16.5. The van der Waals surface area contributed by atoms with Gasteiger partial charge < -0.3 is 9.22 Å². The lowest BCUT2D eigenvalue weighted by Crippen LogP contribution is -2.50. The molecule has 0 aromatic carbocycles. The highest BCUT2D eigenvalue weighted by atomic mass is 32.2. The number of carbonyl (C=O) groups excluding carboxylic acids is 1. The Morgan fingerprint density at radius 2 is 1.90 bits per heavy atom. The molecule has 0 aromatic heterocycles. The summed E-state index contributed by atoms with van der Waals surface area (Å²) in [5, 5.41) is 0. The average molecular weight is 322 g/mol. The van der Waals surface area contributed by atoms with Crippen molar-refractivity contribution in [2.45, 2.75) is 39.7 Å². The standard InChI is InChI=1S/C14H27NO5S/c1-5-14(16)20-13(4)9-11-15(6-2,7-3)10-8-12-21(17,18)19/h5,13H,1,6-12H2,2-4H3/p+1. The van der Waals surface area contributed by atoms with Gasteiger partial charge >= 0.3 is 5.97 Å². The third kappa shape index (κ3) is 8.85. The van der Waals surface area contributed by atoms with Crippen LogP contribution in [0, 0.1) is 0 Å². The van der Waals surface area contributed by atoms with Gasteiger partial charge in [-0.1, -0.05) is 6.58 Å². The van der Waals surface area contributed by atoms with E-state index in [1.54, 1.807) is 0 Å². The van der Waals surface area contributed by atoms with Crippen LogP contribution in [0.15, 0.2) is 12.7 Å². The van der Waals surface area contributed by atoms with Crippen molar-refractivity contribution in [3.63, 3.8) is 0 Å². The van der Waals surface area contributed by atoms with Gasteiger partial charge in [0.1, 0.15) is 6.10 Å². The van der Waals surface area contributed by atoms with E-state index >= 15 is 0 Å². The Morgan fingerprint density at radius 3 is 2.33 bits per heavy atom. The number of carbonyl (C=O) groups is 1. The largest absolute Gasteiger partial charge is 0.459 e. The molecule has 0 saturated carbocycles. The summed E-state index contributed by atoms with van der Waals surface area (Å²) in [6.07, 6.45) is 2.06. The smallest absolute Gasteiger partial charge is 0.330 e. The highest BCUT2D eigenvalue weighted by molar-refractivity contribution is 7.85. The number of rotatable bonds is 11. The molecule has 21 heavy (non-hydrogen) atoms. The van der Waals surface area contributed by atoms with E-state index in [2.05, 4.69) is 20.4 Å². The molecule has 7 heteroatoms. The fourth-order valence-corrected chi connectivity index (χ4v) is 2.81. The maximum Gasteiger partial charge on any atom is 0.330 e. The summed E-state index contributed by atoms with van der Waals surface area (Å²) in [7, 11) is -3.90. The van der Waals surface area contributed by atoms with Crippen LogP contribution in [0.3, 0.4) is 0 Å². The minimum atomic E-state index is -3.90. The van der Waals surface area contributed by atoms with Crippen LogP contribution < -0.4 is 0 Å². The van der Waals surface area contributed by atoms with E-state index in [-0.39, 0.29) is 11.9 Å². The van der Waals surface area contributed by atoms with Gasteiger partial charge in [-0.05, 0) is 20.8 Å². The molecule has 124 valence electrons. The Kier molecular flexibility index (Phi) is 8.77. The molecule has 0 spiro atoms. The van der Waals surface area contributed by atoms with E-state index in [0.29, 0.717) is 19.4 Å². The lowest BCUT2D eigenvalue weighted by atomic mass is 10.2. The zero-order valence-electron chi connectivity index (χ0n) is 13.2. The van der Waals surface area contributed by atoms with Gasteiger partial charge in [0.05, 0.1) is 31.9 Å². The Hall–Kier alpha value is -0.920. The van der Waals surface area contributed by atoms with Gasteiger partial charge in [0, 0.05) is 18.9 Å². The van der Waals surface area contributed by atoms with Crippen LogP contribution in [0.4, 0.5) is 0 Å². The number of esters is 1. The first-order valence-electron chi connectivity index (χ1n) is 7.31. The van der Waals surface area contributed by atoms with Crippen LogP contribution in [0.1, 0.15) is 33.6 Å². The van der Waals surface area contributed by atoms with Crippen LogP contribution in [-0.2, 0) is 19.6 Å². The molecule has 6 nitrogen and oxygen atoms in total. The summed E-state index contributed by atoms with van der Waals surface area (Å²) >= 11 is 0. The van der Waals surface area contributed by atoms with Crippen molar-refractivity contribution in [2.75, 3.05) is 31.9 Å². The molecule has 0 aromatic rings. The van der Waals surface area contributed by atoms with Gasteiger partial charge in [-0.2, -0.15) is 8.42 Å². The molecule has 0 radical (unpaired) electrons. The molecule has 0 aliphatic heterocycles. The van der Waals surface area contributed by atoms with E-state index in [9.17, 15) is 13.2 Å². The number of quaternary nitrogens is 1. The van der Waals surface area contributed by atoms with Crippen LogP contribution in [0.5, 0.6) is 0 Å². The number of nitrogens with zero attached hydrogens (tertiary/aromatic N) is 1. The molecule has 0 rings (SSSR count). The molecule has 0 saturated heterocycles. The fraction of sp³-hybridized carbons (Fsp3) is 0.786. The maximum atomic E-state index is 11.1. The van der Waals surface area contributed by atoms with Gasteiger partial charge in [0.15, 0.2) is 0 Å². The summed E-state index contributed by atoms with van der Waals surface area (Å²) in [6.45, 7) is 12.5. The third-order valence-corrected chi connectivity index (χ3v) is 4.67. The predicted molar refractivity (Wildman–Crippen MR) is 82.5 cm³/mol. The van der Waals surface area contributed by atoms with Crippen molar-refractivity contribution in [1.29, 1.82) is 0 Å². The van der Waals surface area contributed by atoms with Gasteiger partial charge in [-0.15, -0.1) is 0 Å². The molecular weight excluding hydrogens is 294 g/mol. The number of hydrogen-bond donors (Lipinski definition) is 1. The molecule has 0 amide bonds. The van der Waals surface area contributed by atoms with Crippen molar-refractivity contribution in [3.05, 3.63) is 12.7 Å². The minimum absolute atomic E-state index is 0.201. The molecule has 1 unspecified atom stereocenters. The summed E-state index contributed by atoms with van der Waals surface area (Å²) in [4.78, 5) is 11.1. The molecule has 0 aliphatic rings. The number of ether oxygens (including phenoxy) is 1. The molecule has 0 heterocycles. The van der Waals surface area contributed by atoms with Crippen molar-refractivity contribution < 1.29 is 27.0 Å². The lowest BCUT2D eigenvalue weighted by Gasteiger charge is -2.37. The Balaban J connectivity index is 4.44. The molecule has 0 bridgehead atoms. The normalized spacial score (nSPS) is 13.7. The summed E-state index contributed by atoms with van der Waals surface area (Å²) in [5.41, 5.74) is 0. The monoisotopic (exact) mass is 322 g/mol. The van der Waals surface area contributed by atoms with Crippen molar-refractivity contribution in [1.82, 2.24) is 0 Å². The Morgan fingerprint density at radius 1 is 1.33 bits per heavy atom. The maximum absolute atomic E-state index is 11.1. The highest BCUT2D eigenvalue weighted by Crippen LogP contribution is 2.12. The molecule has 1 atom stereocenters. The summed E-state index contributed by atoms with van der Waals surface area (Å²) < 4.78 is 36.3. The van der Waals surface area contributed by atoms with E-state index in [1.807, 2.05) is 6.92 Å². The topological polar surface area (TPSA) is 80.7 Å². The van der Waals surface area contributed by atoms with Crippen LogP contribution in [0.2, 0.25) is 0 Å². The van der Waals surface area contributed by atoms with Crippen LogP contribution >= 0.6 is 0 Å². The van der Waals surface area contributed by atoms with Crippen molar-refractivity contribution in [3.8, 4) is 0 Å². The molecular formula is C14H28NO5S+. The first-order valence-corrected chi connectivity index (χ1v) is 8.92. The SMILES string of the molecule is C=CC(=O)OC(C)CC[N+](CC)(CC)CCCS(=O)(=O)O. The molecule has 1 N–H and O–H groups in total. The second-order valence-corrected chi connectivity index (χ2v) is 6.87. The van der Waals surface area contributed by atoms with Crippen molar-refractivity contribution >= 4 is 16.1 Å².